The van der Waals surface area contributed by atoms with Gasteiger partial charge >= 0.3 is 11.9 Å². The number of nitrogens with one attached hydrogen (secondary N) is 1. The zero-order valence-corrected chi connectivity index (χ0v) is 18.4. The Balaban J connectivity index is 2.19. The van der Waals surface area contributed by atoms with Gasteiger partial charge in [-0.1, -0.05) is 24.3 Å². The molecular formula is C23H24FNO6S. The van der Waals surface area contributed by atoms with Crippen LogP contribution in [0.15, 0.2) is 54.6 Å². The molecule has 0 amide bonds. The van der Waals surface area contributed by atoms with Crippen LogP contribution in [0.3, 0.4) is 0 Å². The van der Waals surface area contributed by atoms with Crippen molar-refractivity contribution < 1.29 is 32.6 Å². The second kappa shape index (κ2) is 8.38. The Morgan fingerprint density at radius 1 is 1.09 bits per heavy atom. The van der Waals surface area contributed by atoms with Gasteiger partial charge in [0.1, 0.15) is 5.82 Å². The minimum Gasteiger partial charge on any atom is -0.481 e. The molecule has 0 heterocycles. The lowest BCUT2D eigenvalue weighted by Gasteiger charge is -2.39. The first-order valence-electron chi connectivity index (χ1n) is 9.83. The average molecular weight is 462 g/mol. The van der Waals surface area contributed by atoms with Crippen LogP contribution in [0.4, 0.5) is 15.8 Å². The summed E-state index contributed by atoms with van der Waals surface area (Å²) in [5, 5.41) is 23.1. The second-order valence-electron chi connectivity index (χ2n) is 8.48. The van der Waals surface area contributed by atoms with E-state index in [1.54, 1.807) is 12.1 Å². The summed E-state index contributed by atoms with van der Waals surface area (Å²) in [6.07, 6.45) is 3.92. The van der Waals surface area contributed by atoms with E-state index < -0.39 is 38.4 Å². The molecule has 7 nitrogen and oxygen atoms in total. The molecule has 1 aliphatic rings. The van der Waals surface area contributed by atoms with Gasteiger partial charge in [0.15, 0.2) is 9.84 Å². The number of allylic oxidation sites excluding steroid dienone is 1. The summed E-state index contributed by atoms with van der Waals surface area (Å²) in [5.41, 5.74) is -1.50. The summed E-state index contributed by atoms with van der Waals surface area (Å²) < 4.78 is 37.0. The van der Waals surface area contributed by atoms with E-state index in [0.717, 1.165) is 6.26 Å². The number of rotatable bonds is 7. The molecule has 0 bridgehead atoms. The molecule has 1 aliphatic carbocycles. The number of carbonyl (C=O) groups is 2. The van der Waals surface area contributed by atoms with Crippen molar-refractivity contribution >= 4 is 33.2 Å². The molecule has 32 heavy (non-hydrogen) atoms. The first-order chi connectivity index (χ1) is 14.8. The molecule has 2 unspecified atom stereocenters. The summed E-state index contributed by atoms with van der Waals surface area (Å²) in [4.78, 5) is 24.5. The highest BCUT2D eigenvalue weighted by molar-refractivity contribution is 7.89. The molecule has 170 valence electrons. The van der Waals surface area contributed by atoms with Gasteiger partial charge in [-0.25, -0.2) is 12.8 Å². The highest BCUT2D eigenvalue weighted by atomic mass is 32.2. The van der Waals surface area contributed by atoms with Gasteiger partial charge in [0, 0.05) is 17.6 Å². The van der Waals surface area contributed by atoms with E-state index >= 15 is 0 Å². The maximum absolute atomic E-state index is 13.3. The molecule has 2 aromatic rings. The molecule has 0 radical (unpaired) electrons. The molecular weight excluding hydrogens is 437 g/mol. The van der Waals surface area contributed by atoms with Gasteiger partial charge < -0.3 is 15.5 Å². The van der Waals surface area contributed by atoms with Gasteiger partial charge in [0.2, 0.25) is 0 Å². The van der Waals surface area contributed by atoms with Crippen molar-refractivity contribution in [2.24, 2.45) is 5.41 Å². The largest absolute Gasteiger partial charge is 0.481 e. The van der Waals surface area contributed by atoms with Crippen molar-refractivity contribution in [3.63, 3.8) is 0 Å². The highest BCUT2D eigenvalue weighted by Crippen LogP contribution is 2.48. The molecule has 9 heteroatoms. The lowest BCUT2D eigenvalue weighted by Crippen LogP contribution is -2.45. The van der Waals surface area contributed by atoms with E-state index in [9.17, 15) is 32.6 Å². The Labute approximate surface area is 185 Å². The number of carboxylic acids is 2. The normalized spacial score (nSPS) is 23.0. The van der Waals surface area contributed by atoms with E-state index in [1.165, 1.54) is 49.4 Å². The van der Waals surface area contributed by atoms with Crippen LogP contribution in [-0.2, 0) is 30.6 Å². The maximum Gasteiger partial charge on any atom is 0.314 e. The fourth-order valence-corrected chi connectivity index (χ4v) is 4.87. The zero-order chi connectivity index (χ0) is 23.7. The Bertz CT molecular complexity index is 1190. The summed E-state index contributed by atoms with van der Waals surface area (Å²) in [5.74, 6) is -3.10. The summed E-state index contributed by atoms with van der Waals surface area (Å²) >= 11 is 0. The predicted octanol–water partition coefficient (Wildman–Crippen LogP) is 3.88. The van der Waals surface area contributed by atoms with E-state index in [0.29, 0.717) is 16.9 Å². The molecule has 2 atom stereocenters. The summed E-state index contributed by atoms with van der Waals surface area (Å²) in [7, 11) is -3.40. The molecule has 0 aromatic heterocycles. The van der Waals surface area contributed by atoms with E-state index in [1.807, 2.05) is 0 Å². The van der Waals surface area contributed by atoms with Crippen molar-refractivity contribution in [1.82, 2.24) is 0 Å². The monoisotopic (exact) mass is 461 g/mol. The quantitative estimate of drug-likeness (QED) is 0.535. The average Bonchev–Trinajstić information content (AvgIpc) is 2.69. The SMILES string of the molecule is CC1(C(=O)O)C=CCC(C(=O)O)(c2cc(CS(C)(=O)=O)ccc2Nc2ccc(F)cc2)C1. The third-order valence-corrected chi connectivity index (χ3v) is 6.53. The van der Waals surface area contributed by atoms with E-state index in [4.69, 9.17) is 0 Å². The topological polar surface area (TPSA) is 121 Å². The number of hydrogen-bond acceptors (Lipinski definition) is 5. The standard InChI is InChI=1S/C23H24FNO6S/c1-22(20(26)27)10-3-11-23(14-22,21(28)29)18-12-15(13-32(2,30)31)4-9-19(18)25-17-7-5-16(24)6-8-17/h3-10,12,25H,11,13-14H2,1-2H3,(H,26,27)(H,28,29). The molecule has 0 spiro atoms. The number of anilines is 2. The third kappa shape index (κ3) is 4.83. The minimum absolute atomic E-state index is 0.0334. The molecule has 0 saturated heterocycles. The summed E-state index contributed by atoms with van der Waals surface area (Å²) in [6.45, 7) is 1.45. The van der Waals surface area contributed by atoms with E-state index in [2.05, 4.69) is 5.32 Å². The van der Waals surface area contributed by atoms with Crippen molar-refractivity contribution in [3.05, 3.63) is 71.6 Å². The van der Waals surface area contributed by atoms with Crippen molar-refractivity contribution in [2.75, 3.05) is 11.6 Å². The second-order valence-corrected chi connectivity index (χ2v) is 10.6. The van der Waals surface area contributed by atoms with Crippen molar-refractivity contribution in [2.45, 2.75) is 30.9 Å². The lowest BCUT2D eigenvalue weighted by atomic mass is 9.62. The van der Waals surface area contributed by atoms with Gasteiger partial charge in [-0.2, -0.15) is 0 Å². The Kier molecular flexibility index (Phi) is 6.15. The molecule has 3 rings (SSSR count). The number of benzene rings is 2. The molecule has 0 saturated carbocycles. The number of carboxylic acid groups (broad SMARTS) is 2. The van der Waals surface area contributed by atoms with Crippen LogP contribution >= 0.6 is 0 Å². The van der Waals surface area contributed by atoms with Gasteiger partial charge in [0.25, 0.3) is 0 Å². The highest BCUT2D eigenvalue weighted by Gasteiger charge is 2.50. The van der Waals surface area contributed by atoms with Crippen molar-refractivity contribution in [1.29, 1.82) is 0 Å². The fourth-order valence-electron chi connectivity index (χ4n) is 4.09. The zero-order valence-electron chi connectivity index (χ0n) is 17.6. The number of hydrogen-bond donors (Lipinski definition) is 3. The van der Waals surface area contributed by atoms with Gasteiger partial charge in [-0.05, 0) is 61.2 Å². The third-order valence-electron chi connectivity index (χ3n) is 5.67. The number of sulfone groups is 1. The van der Waals surface area contributed by atoms with Gasteiger partial charge in [-0.3, -0.25) is 9.59 Å². The van der Waals surface area contributed by atoms with E-state index in [-0.39, 0.29) is 24.2 Å². The first-order valence-corrected chi connectivity index (χ1v) is 11.9. The van der Waals surface area contributed by atoms with Crippen LogP contribution in [0.1, 0.15) is 30.9 Å². The summed E-state index contributed by atoms with van der Waals surface area (Å²) in [6, 6.07) is 10.1. The van der Waals surface area contributed by atoms with Crippen LogP contribution in [0.5, 0.6) is 0 Å². The van der Waals surface area contributed by atoms with Crippen LogP contribution in [0.2, 0.25) is 0 Å². The molecule has 3 N–H and O–H groups in total. The lowest BCUT2D eigenvalue weighted by molar-refractivity contribution is -0.151. The number of aliphatic carboxylic acids is 2. The number of halogens is 1. The van der Waals surface area contributed by atoms with Gasteiger partial charge in [-0.15, -0.1) is 0 Å². The van der Waals surface area contributed by atoms with Crippen LogP contribution < -0.4 is 5.32 Å². The van der Waals surface area contributed by atoms with Crippen LogP contribution in [0, 0.1) is 11.2 Å². The molecule has 0 aliphatic heterocycles. The minimum atomic E-state index is -3.40. The molecule has 2 aromatic carbocycles. The molecule has 0 fully saturated rings. The van der Waals surface area contributed by atoms with Crippen LogP contribution in [0.25, 0.3) is 0 Å². The Hall–Kier alpha value is -3.20. The predicted molar refractivity (Wildman–Crippen MR) is 118 cm³/mol. The maximum atomic E-state index is 13.3. The van der Waals surface area contributed by atoms with Crippen molar-refractivity contribution in [3.8, 4) is 0 Å². The first kappa shape index (κ1) is 23.5. The Morgan fingerprint density at radius 2 is 1.75 bits per heavy atom. The van der Waals surface area contributed by atoms with Gasteiger partial charge in [0.05, 0.1) is 16.6 Å². The Morgan fingerprint density at radius 3 is 2.31 bits per heavy atom. The smallest absolute Gasteiger partial charge is 0.314 e. The fraction of sp³-hybridized carbons (Fsp3) is 0.304. The van der Waals surface area contributed by atoms with Crippen LogP contribution in [-0.4, -0.2) is 36.8 Å².